The van der Waals surface area contributed by atoms with E-state index in [9.17, 15) is 4.79 Å². The van der Waals surface area contributed by atoms with E-state index in [1.54, 1.807) is 11.3 Å². The van der Waals surface area contributed by atoms with Crippen LogP contribution in [0.15, 0.2) is 40.2 Å². The molecule has 2 aromatic rings. The van der Waals surface area contributed by atoms with Crippen molar-refractivity contribution in [1.82, 2.24) is 0 Å². The molecule has 0 saturated heterocycles. The fraction of sp³-hybridized carbons (Fsp3) is 0.214. The highest BCUT2D eigenvalue weighted by atomic mass is 79.9. The fourth-order valence-electron chi connectivity index (χ4n) is 2.29. The van der Waals surface area contributed by atoms with Gasteiger partial charge in [0, 0.05) is 21.6 Å². The number of nitrogens with zero attached hydrogens (tertiary/aromatic N) is 1. The summed E-state index contributed by atoms with van der Waals surface area (Å²) >= 11 is 5.11. The highest BCUT2D eigenvalue weighted by Crippen LogP contribution is 2.31. The molecule has 4 heteroatoms. The van der Waals surface area contributed by atoms with E-state index in [1.165, 1.54) is 5.56 Å². The summed E-state index contributed by atoms with van der Waals surface area (Å²) in [6, 6.07) is 10.1. The van der Waals surface area contributed by atoms with Gasteiger partial charge in [0.05, 0.1) is 6.42 Å². The Hall–Kier alpha value is -1.13. The predicted molar refractivity (Wildman–Crippen MR) is 78.2 cm³/mol. The average molecular weight is 322 g/mol. The molecule has 0 atom stereocenters. The second-order valence-electron chi connectivity index (χ2n) is 4.32. The maximum Gasteiger partial charge on any atom is 0.232 e. The first-order valence-electron chi connectivity index (χ1n) is 5.85. The van der Waals surface area contributed by atoms with Gasteiger partial charge in [-0.2, -0.15) is 0 Å². The molecular weight excluding hydrogens is 310 g/mol. The Morgan fingerprint density at radius 1 is 1.39 bits per heavy atom. The monoisotopic (exact) mass is 321 g/mol. The summed E-state index contributed by atoms with van der Waals surface area (Å²) in [5.74, 6) is 0.193. The van der Waals surface area contributed by atoms with Crippen molar-refractivity contribution >= 4 is 38.9 Å². The molecule has 3 rings (SSSR count). The van der Waals surface area contributed by atoms with Gasteiger partial charge in [-0.05, 0) is 41.6 Å². The lowest BCUT2D eigenvalue weighted by Gasteiger charge is -2.16. The third-order valence-corrected chi connectivity index (χ3v) is 4.51. The van der Waals surface area contributed by atoms with Gasteiger partial charge < -0.3 is 4.90 Å². The molecule has 1 amide bonds. The molecule has 0 bridgehead atoms. The van der Waals surface area contributed by atoms with Crippen LogP contribution in [0.2, 0.25) is 0 Å². The van der Waals surface area contributed by atoms with E-state index in [0.717, 1.165) is 28.0 Å². The van der Waals surface area contributed by atoms with E-state index in [-0.39, 0.29) is 5.91 Å². The van der Waals surface area contributed by atoms with Crippen LogP contribution in [0.4, 0.5) is 5.69 Å². The van der Waals surface area contributed by atoms with Crippen molar-refractivity contribution in [3.05, 3.63) is 50.6 Å². The summed E-state index contributed by atoms with van der Waals surface area (Å²) in [4.78, 5) is 15.3. The third kappa shape index (κ3) is 2.22. The number of amides is 1. The summed E-state index contributed by atoms with van der Waals surface area (Å²) in [5, 5.41) is 2.01. The van der Waals surface area contributed by atoms with Crippen molar-refractivity contribution in [1.29, 1.82) is 0 Å². The highest BCUT2D eigenvalue weighted by molar-refractivity contribution is 9.10. The largest absolute Gasteiger partial charge is 0.312 e. The molecule has 18 heavy (non-hydrogen) atoms. The summed E-state index contributed by atoms with van der Waals surface area (Å²) in [7, 11) is 0. The van der Waals surface area contributed by atoms with Crippen molar-refractivity contribution in [3.63, 3.8) is 0 Å². The number of carbonyl (C=O) groups excluding carboxylic acids is 1. The number of thiophene rings is 1. The minimum Gasteiger partial charge on any atom is -0.312 e. The molecule has 0 aliphatic carbocycles. The van der Waals surface area contributed by atoms with Gasteiger partial charge in [0.25, 0.3) is 0 Å². The number of benzene rings is 1. The maximum absolute atomic E-state index is 12.3. The molecule has 0 N–H and O–H groups in total. The minimum atomic E-state index is 0.193. The molecule has 0 radical (unpaired) electrons. The number of halogens is 1. The van der Waals surface area contributed by atoms with Crippen LogP contribution >= 0.6 is 27.3 Å². The van der Waals surface area contributed by atoms with Crippen LogP contribution in [-0.4, -0.2) is 12.5 Å². The van der Waals surface area contributed by atoms with E-state index in [1.807, 2.05) is 34.5 Å². The van der Waals surface area contributed by atoms with Crippen LogP contribution in [0.1, 0.15) is 10.4 Å². The fourth-order valence-corrected chi connectivity index (χ4v) is 3.39. The van der Waals surface area contributed by atoms with Crippen molar-refractivity contribution in [2.24, 2.45) is 0 Å². The highest BCUT2D eigenvalue weighted by Gasteiger charge is 2.24. The number of hydrogen-bond acceptors (Lipinski definition) is 2. The van der Waals surface area contributed by atoms with Crippen LogP contribution in [0.25, 0.3) is 0 Å². The SMILES string of the molecule is O=C(Cc1cccs1)N1CCc2cc(Br)ccc21. The van der Waals surface area contributed by atoms with Gasteiger partial charge in [0.1, 0.15) is 0 Å². The average Bonchev–Trinajstić information content (AvgIpc) is 2.97. The summed E-state index contributed by atoms with van der Waals surface area (Å²) in [6.45, 7) is 0.802. The predicted octanol–water partition coefficient (Wildman–Crippen LogP) is 3.64. The Bertz CT molecular complexity index is 579. The molecule has 0 fully saturated rings. The molecule has 1 aliphatic rings. The Labute approximate surface area is 118 Å². The normalized spacial score (nSPS) is 13.7. The van der Waals surface area contributed by atoms with Gasteiger partial charge in [-0.1, -0.05) is 22.0 Å². The maximum atomic E-state index is 12.3. The standard InChI is InChI=1S/C14H12BrNOS/c15-11-3-4-13-10(8-11)5-6-16(13)14(17)9-12-2-1-7-18-12/h1-4,7-8H,5-6,9H2. The topological polar surface area (TPSA) is 20.3 Å². The molecule has 1 aromatic carbocycles. The number of fused-ring (bicyclic) bond motifs is 1. The summed E-state index contributed by atoms with van der Waals surface area (Å²) in [6.07, 6.45) is 1.46. The molecule has 1 aliphatic heterocycles. The van der Waals surface area contributed by atoms with Gasteiger partial charge in [-0.25, -0.2) is 0 Å². The minimum absolute atomic E-state index is 0.193. The molecule has 0 saturated carbocycles. The van der Waals surface area contributed by atoms with E-state index in [2.05, 4.69) is 22.0 Å². The lowest BCUT2D eigenvalue weighted by molar-refractivity contribution is -0.117. The van der Waals surface area contributed by atoms with Crippen molar-refractivity contribution in [3.8, 4) is 0 Å². The number of hydrogen-bond donors (Lipinski definition) is 0. The number of anilines is 1. The summed E-state index contributed by atoms with van der Waals surface area (Å²) < 4.78 is 1.08. The van der Waals surface area contributed by atoms with Crippen LogP contribution in [0.5, 0.6) is 0 Å². The Morgan fingerprint density at radius 3 is 3.06 bits per heavy atom. The molecule has 92 valence electrons. The lowest BCUT2D eigenvalue weighted by Crippen LogP contribution is -2.30. The smallest absolute Gasteiger partial charge is 0.232 e. The van der Waals surface area contributed by atoms with Crippen LogP contribution in [-0.2, 0) is 17.6 Å². The van der Waals surface area contributed by atoms with Gasteiger partial charge in [-0.3, -0.25) is 4.79 Å². The number of rotatable bonds is 2. The second-order valence-corrected chi connectivity index (χ2v) is 6.27. The van der Waals surface area contributed by atoms with Gasteiger partial charge >= 0.3 is 0 Å². The quantitative estimate of drug-likeness (QED) is 0.827. The van der Waals surface area contributed by atoms with Crippen LogP contribution < -0.4 is 4.90 Å². The summed E-state index contributed by atoms with van der Waals surface area (Å²) in [5.41, 5.74) is 2.32. The zero-order valence-corrected chi connectivity index (χ0v) is 12.1. The molecule has 2 heterocycles. The number of carbonyl (C=O) groups is 1. The van der Waals surface area contributed by atoms with Gasteiger partial charge in [0.15, 0.2) is 0 Å². The first kappa shape index (κ1) is 11.9. The van der Waals surface area contributed by atoms with Crippen molar-refractivity contribution < 1.29 is 4.79 Å². The van der Waals surface area contributed by atoms with Crippen molar-refractivity contribution in [2.45, 2.75) is 12.8 Å². The van der Waals surface area contributed by atoms with Gasteiger partial charge in [0.2, 0.25) is 5.91 Å². The molecule has 1 aromatic heterocycles. The Kier molecular flexibility index (Phi) is 3.22. The van der Waals surface area contributed by atoms with Crippen LogP contribution in [0, 0.1) is 0 Å². The molecule has 0 unspecified atom stereocenters. The molecule has 0 spiro atoms. The molecule has 2 nitrogen and oxygen atoms in total. The molecular formula is C14H12BrNOS. The van der Waals surface area contributed by atoms with Gasteiger partial charge in [-0.15, -0.1) is 11.3 Å². The zero-order chi connectivity index (χ0) is 12.5. The van der Waals surface area contributed by atoms with E-state index in [0.29, 0.717) is 6.42 Å². The van der Waals surface area contributed by atoms with Crippen LogP contribution in [0.3, 0.4) is 0 Å². The van der Waals surface area contributed by atoms with Crippen molar-refractivity contribution in [2.75, 3.05) is 11.4 Å². The zero-order valence-electron chi connectivity index (χ0n) is 9.73. The first-order chi connectivity index (χ1) is 8.74. The first-order valence-corrected chi connectivity index (χ1v) is 7.52. The Balaban J connectivity index is 1.81. The lowest BCUT2D eigenvalue weighted by atomic mass is 10.2. The second kappa shape index (κ2) is 4.86. The van der Waals surface area contributed by atoms with E-state index < -0.39 is 0 Å². The Morgan fingerprint density at radius 2 is 2.28 bits per heavy atom. The third-order valence-electron chi connectivity index (χ3n) is 3.14. The van der Waals surface area contributed by atoms with E-state index in [4.69, 9.17) is 0 Å². The van der Waals surface area contributed by atoms with E-state index >= 15 is 0 Å².